The number of carbonyl (C=O) groups is 2. The van der Waals surface area contributed by atoms with E-state index in [1.807, 2.05) is 0 Å². The van der Waals surface area contributed by atoms with Crippen LogP contribution in [-0.4, -0.2) is 17.0 Å². The number of halogens is 1. The van der Waals surface area contributed by atoms with Crippen molar-refractivity contribution in [1.29, 1.82) is 0 Å². The first-order valence-electron chi connectivity index (χ1n) is 5.50. The number of rotatable bonds is 5. The molecule has 0 atom stereocenters. The maximum Gasteiger partial charge on any atom is 0.346 e. The predicted molar refractivity (Wildman–Crippen MR) is 70.5 cm³/mol. The van der Waals surface area contributed by atoms with Gasteiger partial charge in [0.2, 0.25) is 5.91 Å². The minimum atomic E-state index is -1.05. The van der Waals surface area contributed by atoms with Crippen LogP contribution in [0.5, 0.6) is 5.75 Å². The molecule has 0 radical (unpaired) electrons. The van der Waals surface area contributed by atoms with E-state index in [0.29, 0.717) is 5.75 Å². The minimum Gasteiger partial charge on any atom is -0.488 e. The number of carboxylic acid groups (broad SMARTS) is 1. The summed E-state index contributed by atoms with van der Waals surface area (Å²) in [5, 5.41) is 10.3. The van der Waals surface area contributed by atoms with Gasteiger partial charge < -0.3 is 15.6 Å². The van der Waals surface area contributed by atoms with Gasteiger partial charge in [0, 0.05) is 22.6 Å². The third-order valence-electron chi connectivity index (χ3n) is 2.51. The fraction of sp³-hybridized carbons (Fsp3) is 0.0769. The van der Waals surface area contributed by atoms with Crippen molar-refractivity contribution >= 4 is 23.2 Å². The van der Waals surface area contributed by atoms with E-state index >= 15 is 0 Å². The molecule has 1 aromatic heterocycles. The van der Waals surface area contributed by atoms with Crippen molar-refractivity contribution in [2.24, 2.45) is 5.73 Å². The number of benzene rings is 1. The predicted octanol–water partition coefficient (Wildman–Crippen LogP) is 2.26. The van der Waals surface area contributed by atoms with E-state index in [0.717, 1.165) is 17.4 Å². The molecule has 2 rings (SSSR count). The van der Waals surface area contributed by atoms with Crippen molar-refractivity contribution in [3.05, 3.63) is 51.5 Å². The zero-order valence-electron chi connectivity index (χ0n) is 10.1. The van der Waals surface area contributed by atoms with Gasteiger partial charge >= 0.3 is 5.97 Å². The second-order valence-corrected chi connectivity index (χ2v) is 4.82. The fourth-order valence-electron chi connectivity index (χ4n) is 1.51. The first-order valence-corrected chi connectivity index (χ1v) is 6.38. The van der Waals surface area contributed by atoms with Crippen LogP contribution in [0.25, 0.3) is 0 Å². The molecule has 0 fully saturated rings. The lowest BCUT2D eigenvalue weighted by Gasteiger charge is -2.06. The second kappa shape index (κ2) is 5.70. The average molecular weight is 295 g/mol. The Labute approximate surface area is 117 Å². The van der Waals surface area contributed by atoms with E-state index in [2.05, 4.69) is 0 Å². The second-order valence-electron chi connectivity index (χ2n) is 3.91. The highest BCUT2D eigenvalue weighted by atomic mass is 32.1. The number of hydrogen-bond acceptors (Lipinski definition) is 4. The maximum absolute atomic E-state index is 13.5. The third-order valence-corrected chi connectivity index (χ3v) is 3.41. The highest BCUT2D eigenvalue weighted by Gasteiger charge is 2.10. The summed E-state index contributed by atoms with van der Waals surface area (Å²) in [6.45, 7) is -0.122. The Balaban J connectivity index is 2.11. The molecule has 7 heteroatoms. The van der Waals surface area contributed by atoms with Gasteiger partial charge in [-0.25, -0.2) is 9.18 Å². The first kappa shape index (κ1) is 14.0. The summed E-state index contributed by atoms with van der Waals surface area (Å²) < 4.78 is 18.8. The molecule has 2 aromatic rings. The number of amides is 1. The smallest absolute Gasteiger partial charge is 0.346 e. The average Bonchev–Trinajstić information content (AvgIpc) is 2.86. The molecule has 0 aliphatic heterocycles. The highest BCUT2D eigenvalue weighted by molar-refractivity contribution is 7.12. The number of hydrogen-bond donors (Lipinski definition) is 2. The van der Waals surface area contributed by atoms with E-state index in [1.54, 1.807) is 0 Å². The van der Waals surface area contributed by atoms with Gasteiger partial charge in [-0.3, -0.25) is 4.79 Å². The number of ether oxygens (including phenoxy) is 1. The molecule has 0 bridgehead atoms. The molecule has 1 heterocycles. The molecule has 0 aliphatic rings. The quantitative estimate of drug-likeness (QED) is 0.885. The van der Waals surface area contributed by atoms with Crippen LogP contribution in [0.2, 0.25) is 0 Å². The number of carbonyl (C=O) groups excluding carboxylic acids is 1. The lowest BCUT2D eigenvalue weighted by Crippen LogP contribution is -2.12. The Bertz CT molecular complexity index is 668. The summed E-state index contributed by atoms with van der Waals surface area (Å²) in [6.07, 6.45) is 0. The summed E-state index contributed by atoms with van der Waals surface area (Å²) in [7, 11) is 0. The summed E-state index contributed by atoms with van der Waals surface area (Å²) in [6, 6.07) is 5.08. The van der Waals surface area contributed by atoms with Crippen LogP contribution < -0.4 is 10.5 Å². The molecule has 20 heavy (non-hydrogen) atoms. The van der Waals surface area contributed by atoms with E-state index in [-0.39, 0.29) is 22.6 Å². The molecule has 0 saturated heterocycles. The minimum absolute atomic E-state index is 0.122. The molecule has 0 spiro atoms. The Morgan fingerprint density at radius 2 is 2.10 bits per heavy atom. The summed E-state index contributed by atoms with van der Waals surface area (Å²) in [5.74, 6) is -1.90. The number of nitrogens with two attached hydrogens (primary N) is 1. The highest BCUT2D eigenvalue weighted by Crippen LogP contribution is 2.23. The molecule has 1 amide bonds. The van der Waals surface area contributed by atoms with Crippen LogP contribution in [0.4, 0.5) is 4.39 Å². The number of thiophene rings is 1. The van der Waals surface area contributed by atoms with Crippen molar-refractivity contribution in [1.82, 2.24) is 0 Å². The van der Waals surface area contributed by atoms with Crippen molar-refractivity contribution < 1.29 is 23.8 Å². The molecule has 0 unspecified atom stereocenters. The van der Waals surface area contributed by atoms with Gasteiger partial charge in [-0.2, -0.15) is 0 Å². The van der Waals surface area contributed by atoms with Crippen molar-refractivity contribution in [2.45, 2.75) is 6.61 Å². The van der Waals surface area contributed by atoms with Crippen molar-refractivity contribution in [3.63, 3.8) is 0 Å². The Kier molecular flexibility index (Phi) is 3.99. The van der Waals surface area contributed by atoms with Gasteiger partial charge in [0.25, 0.3) is 0 Å². The molecule has 0 saturated carbocycles. The SMILES string of the molecule is NC(=O)c1ccc(F)c(COc2csc(C(=O)O)c2)c1. The van der Waals surface area contributed by atoms with E-state index in [4.69, 9.17) is 15.6 Å². The molecule has 1 aromatic carbocycles. The van der Waals surface area contributed by atoms with Gasteiger partial charge in [-0.1, -0.05) is 0 Å². The monoisotopic (exact) mass is 295 g/mol. The van der Waals surface area contributed by atoms with Gasteiger partial charge in [0.1, 0.15) is 23.1 Å². The van der Waals surface area contributed by atoms with Crippen molar-refractivity contribution in [2.75, 3.05) is 0 Å². The molecular weight excluding hydrogens is 285 g/mol. The van der Waals surface area contributed by atoms with Gasteiger partial charge in [-0.05, 0) is 18.2 Å². The van der Waals surface area contributed by atoms with Crippen LogP contribution in [0.3, 0.4) is 0 Å². The molecular formula is C13H10FNO4S. The lowest BCUT2D eigenvalue weighted by molar-refractivity contribution is 0.0701. The topological polar surface area (TPSA) is 89.6 Å². The van der Waals surface area contributed by atoms with Crippen LogP contribution in [0.15, 0.2) is 29.6 Å². The normalized spacial score (nSPS) is 10.2. The summed E-state index contributed by atoms with van der Waals surface area (Å²) in [4.78, 5) is 21.8. The van der Waals surface area contributed by atoms with E-state index in [9.17, 15) is 14.0 Å². The van der Waals surface area contributed by atoms with E-state index in [1.165, 1.54) is 23.6 Å². The molecule has 3 N–H and O–H groups in total. The van der Waals surface area contributed by atoms with Crippen molar-refractivity contribution in [3.8, 4) is 5.75 Å². The molecule has 5 nitrogen and oxygen atoms in total. The van der Waals surface area contributed by atoms with Crippen LogP contribution in [0, 0.1) is 5.82 Å². The van der Waals surface area contributed by atoms with Gasteiger partial charge in [0.05, 0.1) is 0 Å². The number of primary amides is 1. The van der Waals surface area contributed by atoms with Crippen LogP contribution >= 0.6 is 11.3 Å². The Morgan fingerprint density at radius 1 is 1.35 bits per heavy atom. The van der Waals surface area contributed by atoms with Crippen LogP contribution in [0.1, 0.15) is 25.6 Å². The largest absolute Gasteiger partial charge is 0.488 e. The Morgan fingerprint density at radius 3 is 2.70 bits per heavy atom. The summed E-state index contributed by atoms with van der Waals surface area (Å²) in [5.41, 5.74) is 5.46. The number of aromatic carboxylic acids is 1. The first-order chi connectivity index (χ1) is 9.47. The van der Waals surface area contributed by atoms with Crippen LogP contribution in [-0.2, 0) is 6.61 Å². The third kappa shape index (κ3) is 3.12. The zero-order valence-corrected chi connectivity index (χ0v) is 10.9. The lowest BCUT2D eigenvalue weighted by atomic mass is 10.1. The van der Waals surface area contributed by atoms with Gasteiger partial charge in [0.15, 0.2) is 0 Å². The standard InChI is InChI=1S/C13H10FNO4S/c14-10-2-1-7(12(15)16)3-8(10)5-19-9-4-11(13(17)18)20-6-9/h1-4,6H,5H2,(H2,15,16)(H,17,18). The van der Waals surface area contributed by atoms with E-state index < -0.39 is 17.7 Å². The molecule has 104 valence electrons. The maximum atomic E-state index is 13.5. The Hall–Kier alpha value is -2.41. The molecule has 0 aliphatic carbocycles. The zero-order chi connectivity index (χ0) is 14.7. The van der Waals surface area contributed by atoms with Gasteiger partial charge in [-0.15, -0.1) is 11.3 Å². The number of carboxylic acids is 1. The fourth-order valence-corrected chi connectivity index (χ4v) is 2.17. The summed E-state index contributed by atoms with van der Waals surface area (Å²) >= 11 is 1.01.